The molecule has 2 unspecified atom stereocenters. The van der Waals surface area contributed by atoms with Crippen LogP contribution in [-0.2, 0) is 6.54 Å². The van der Waals surface area contributed by atoms with Gasteiger partial charge in [0.15, 0.2) is 6.17 Å². The fraction of sp³-hybridized carbons (Fsp3) is 0.143. The van der Waals surface area contributed by atoms with Crippen molar-refractivity contribution in [3.63, 3.8) is 0 Å². The molecule has 3 heterocycles. The summed E-state index contributed by atoms with van der Waals surface area (Å²) < 4.78 is 1.65. The lowest BCUT2D eigenvalue weighted by atomic mass is 9.93. The highest BCUT2D eigenvalue weighted by molar-refractivity contribution is 6.32. The van der Waals surface area contributed by atoms with Gasteiger partial charge in [-0.1, -0.05) is 54.1 Å². The van der Waals surface area contributed by atoms with E-state index in [4.69, 9.17) is 22.4 Å². The molecule has 0 saturated carbocycles. The summed E-state index contributed by atoms with van der Waals surface area (Å²) in [5.41, 5.74) is 9.73. The Hall–Kier alpha value is -4.43. The number of aromatic nitrogens is 1. The molecule has 2 aliphatic heterocycles. The van der Waals surface area contributed by atoms with Crippen molar-refractivity contribution < 1.29 is 5.11 Å². The van der Waals surface area contributed by atoms with Gasteiger partial charge >= 0.3 is 0 Å². The maximum Gasteiger partial charge on any atom is 0.263 e. The zero-order chi connectivity index (χ0) is 25.7. The van der Waals surface area contributed by atoms with Gasteiger partial charge in [-0.2, -0.15) is 5.10 Å². The van der Waals surface area contributed by atoms with Crippen molar-refractivity contribution in [3.8, 4) is 11.4 Å². The van der Waals surface area contributed by atoms with E-state index in [2.05, 4.69) is 9.98 Å². The molecule has 4 aromatic rings. The number of hydrogen-bond acceptors (Lipinski definition) is 7. The minimum Gasteiger partial charge on any atom is -0.508 e. The molecule has 0 spiro atoms. The molecule has 0 radical (unpaired) electrons. The molecular weight excluding hydrogens is 488 g/mol. The summed E-state index contributed by atoms with van der Waals surface area (Å²) in [4.78, 5) is 22.7. The molecule has 2 aliphatic rings. The number of aryl methyl sites for hydroxylation is 1. The number of hydrazone groups is 1. The lowest BCUT2D eigenvalue weighted by molar-refractivity contribution is 0.210. The van der Waals surface area contributed by atoms with Crippen LogP contribution in [0.1, 0.15) is 16.8 Å². The molecular formula is C28H23ClN6O2. The van der Waals surface area contributed by atoms with Crippen LogP contribution in [0.15, 0.2) is 92.7 Å². The standard InChI is InChI=1S/C28H23ClN6O2/c1-16-6-4-7-17-12-19(35(28(37)23(16)17)22-11-3-2-10-21(22)29)14-34-27-24(26(30)31-15-32-27)25(33-34)18-8-5-9-20(36)13-18/h2-13,15,24,27,36H,14H2,1H3,(H2,30,31,32). The van der Waals surface area contributed by atoms with E-state index < -0.39 is 12.1 Å². The van der Waals surface area contributed by atoms with Crippen LogP contribution in [0.2, 0.25) is 5.02 Å². The monoisotopic (exact) mass is 510 g/mol. The van der Waals surface area contributed by atoms with Crippen LogP contribution < -0.4 is 11.3 Å². The average molecular weight is 511 g/mol. The first-order valence-electron chi connectivity index (χ1n) is 11.8. The number of halogens is 1. The van der Waals surface area contributed by atoms with Gasteiger partial charge < -0.3 is 10.8 Å². The zero-order valence-corrected chi connectivity index (χ0v) is 20.7. The number of para-hydroxylation sites is 1. The number of pyridine rings is 1. The van der Waals surface area contributed by atoms with E-state index in [1.807, 2.05) is 60.5 Å². The van der Waals surface area contributed by atoms with E-state index >= 15 is 0 Å². The zero-order valence-electron chi connectivity index (χ0n) is 19.9. The van der Waals surface area contributed by atoms with Crippen LogP contribution in [0.5, 0.6) is 5.75 Å². The first-order valence-corrected chi connectivity index (χ1v) is 12.2. The van der Waals surface area contributed by atoms with Crippen molar-refractivity contribution in [1.29, 1.82) is 0 Å². The molecule has 37 heavy (non-hydrogen) atoms. The quantitative estimate of drug-likeness (QED) is 0.428. The third-order valence-electron chi connectivity index (χ3n) is 6.77. The Labute approximate surface area is 217 Å². The lowest BCUT2D eigenvalue weighted by Crippen LogP contribution is -2.42. The third-order valence-corrected chi connectivity index (χ3v) is 7.09. The number of hydrogen-bond donors (Lipinski definition) is 2. The van der Waals surface area contributed by atoms with Crippen LogP contribution in [0.4, 0.5) is 0 Å². The number of nitrogens with zero attached hydrogens (tertiary/aromatic N) is 5. The number of aliphatic imine (C=N–C) groups is 2. The Morgan fingerprint density at radius 3 is 2.68 bits per heavy atom. The Morgan fingerprint density at radius 1 is 1.05 bits per heavy atom. The minimum atomic E-state index is -0.446. The van der Waals surface area contributed by atoms with Gasteiger partial charge in [0.2, 0.25) is 0 Å². The molecule has 3 N–H and O–H groups in total. The summed E-state index contributed by atoms with van der Waals surface area (Å²) in [5, 5.41) is 18.7. The highest BCUT2D eigenvalue weighted by Crippen LogP contribution is 2.32. The minimum absolute atomic E-state index is 0.127. The van der Waals surface area contributed by atoms with Gasteiger partial charge in [0.25, 0.3) is 5.56 Å². The Bertz CT molecular complexity index is 1710. The highest BCUT2D eigenvalue weighted by Gasteiger charge is 2.42. The second-order valence-electron chi connectivity index (χ2n) is 9.11. The second-order valence-corrected chi connectivity index (χ2v) is 9.52. The maximum absolute atomic E-state index is 13.9. The second kappa shape index (κ2) is 8.90. The number of benzene rings is 3. The molecule has 6 rings (SSSR count). The van der Waals surface area contributed by atoms with Gasteiger partial charge in [0.05, 0.1) is 28.4 Å². The van der Waals surface area contributed by atoms with E-state index in [9.17, 15) is 9.90 Å². The molecule has 184 valence electrons. The molecule has 1 aromatic heterocycles. The van der Waals surface area contributed by atoms with E-state index in [1.165, 1.54) is 6.34 Å². The number of fused-ring (bicyclic) bond motifs is 2. The van der Waals surface area contributed by atoms with E-state index in [0.29, 0.717) is 33.3 Å². The number of phenolic OH excluding ortho intramolecular Hbond substituents is 1. The fourth-order valence-corrected chi connectivity index (χ4v) is 5.30. The summed E-state index contributed by atoms with van der Waals surface area (Å²) in [6, 6.07) is 21.9. The SMILES string of the molecule is Cc1cccc2cc(CN3N=C(c4cccc(O)c4)C4C(N)=NC=NC43)n(-c3ccccc3Cl)c(=O)c12. The lowest BCUT2D eigenvalue weighted by Gasteiger charge is -2.27. The van der Waals surface area contributed by atoms with Gasteiger partial charge in [-0.05, 0) is 48.2 Å². The molecule has 2 atom stereocenters. The summed E-state index contributed by atoms with van der Waals surface area (Å²) in [5.74, 6) is 0.125. The van der Waals surface area contributed by atoms with Crippen LogP contribution in [-0.4, -0.2) is 38.7 Å². The predicted molar refractivity (Wildman–Crippen MR) is 147 cm³/mol. The molecule has 0 saturated heterocycles. The molecule has 3 aromatic carbocycles. The van der Waals surface area contributed by atoms with Gasteiger partial charge in [-0.25, -0.2) is 9.98 Å². The van der Waals surface area contributed by atoms with Crippen LogP contribution >= 0.6 is 11.6 Å². The van der Waals surface area contributed by atoms with Gasteiger partial charge in [0.1, 0.15) is 23.8 Å². The maximum atomic E-state index is 13.9. The van der Waals surface area contributed by atoms with Crippen LogP contribution in [0, 0.1) is 12.8 Å². The van der Waals surface area contributed by atoms with Crippen molar-refractivity contribution in [2.24, 2.45) is 26.7 Å². The molecule has 0 fully saturated rings. The van der Waals surface area contributed by atoms with Gasteiger partial charge in [0, 0.05) is 11.3 Å². The Morgan fingerprint density at radius 2 is 1.86 bits per heavy atom. The molecule has 0 aliphatic carbocycles. The molecule has 0 amide bonds. The number of nitrogens with two attached hydrogens (primary N) is 1. The summed E-state index contributed by atoms with van der Waals surface area (Å²) in [7, 11) is 0. The summed E-state index contributed by atoms with van der Waals surface area (Å²) in [6.07, 6.45) is 0.993. The topological polar surface area (TPSA) is 109 Å². The van der Waals surface area contributed by atoms with Crippen molar-refractivity contribution in [2.45, 2.75) is 19.6 Å². The normalized spacial score (nSPS) is 18.6. The van der Waals surface area contributed by atoms with Gasteiger partial charge in [-0.15, -0.1) is 0 Å². The summed E-state index contributed by atoms with van der Waals surface area (Å²) >= 11 is 6.58. The molecule has 8 nitrogen and oxygen atoms in total. The Kier molecular flexibility index (Phi) is 5.53. The smallest absolute Gasteiger partial charge is 0.263 e. The van der Waals surface area contributed by atoms with Crippen molar-refractivity contribution >= 4 is 40.3 Å². The van der Waals surface area contributed by atoms with E-state index in [0.717, 1.165) is 16.5 Å². The van der Waals surface area contributed by atoms with Crippen molar-refractivity contribution in [2.75, 3.05) is 0 Å². The first-order chi connectivity index (χ1) is 17.9. The average Bonchev–Trinajstić information content (AvgIpc) is 3.25. The van der Waals surface area contributed by atoms with Crippen molar-refractivity contribution in [3.05, 3.63) is 105 Å². The van der Waals surface area contributed by atoms with Crippen LogP contribution in [0.3, 0.4) is 0 Å². The first kappa shape index (κ1) is 23.0. The number of aromatic hydroxyl groups is 1. The molecule has 9 heteroatoms. The number of rotatable bonds is 4. The Balaban J connectivity index is 1.53. The van der Waals surface area contributed by atoms with Crippen molar-refractivity contribution in [1.82, 2.24) is 9.58 Å². The van der Waals surface area contributed by atoms with Gasteiger partial charge in [-0.3, -0.25) is 14.4 Å². The van der Waals surface area contributed by atoms with E-state index in [-0.39, 0.29) is 17.9 Å². The molecule has 0 bridgehead atoms. The highest BCUT2D eigenvalue weighted by atomic mass is 35.5. The number of amidine groups is 1. The summed E-state index contributed by atoms with van der Waals surface area (Å²) in [6.45, 7) is 2.19. The largest absolute Gasteiger partial charge is 0.508 e. The third kappa shape index (κ3) is 3.86. The van der Waals surface area contributed by atoms with E-state index in [1.54, 1.807) is 28.8 Å². The number of phenols is 1. The van der Waals surface area contributed by atoms with Crippen LogP contribution in [0.25, 0.3) is 16.5 Å². The predicted octanol–water partition coefficient (Wildman–Crippen LogP) is 4.22. The fourth-order valence-electron chi connectivity index (χ4n) is 5.08.